The Morgan fingerprint density at radius 2 is 1.28 bits per heavy atom. The molecule has 4 N–H and O–H groups in total. The summed E-state index contributed by atoms with van der Waals surface area (Å²) >= 11 is 0. The zero-order chi connectivity index (χ0) is 23.9. The largest absolute Gasteiger partial charge is 0.341 e. The summed E-state index contributed by atoms with van der Waals surface area (Å²) in [6.45, 7) is 2.11. The number of aromatic nitrogens is 6. The first-order valence-corrected chi connectivity index (χ1v) is 12.7. The minimum Gasteiger partial charge on any atom is -0.341 e. The molecule has 0 amide bonds. The summed E-state index contributed by atoms with van der Waals surface area (Å²) in [6, 6.07) is 13.3. The van der Waals surface area contributed by atoms with E-state index in [2.05, 4.69) is 67.0 Å². The Hall–Kier alpha value is -3.88. The van der Waals surface area contributed by atoms with Gasteiger partial charge in [0.1, 0.15) is 11.6 Å². The third-order valence-corrected chi connectivity index (χ3v) is 7.34. The summed E-state index contributed by atoms with van der Waals surface area (Å²) in [5, 5.41) is 8.07. The summed E-state index contributed by atoms with van der Waals surface area (Å²) in [4.78, 5) is 25.6. The van der Waals surface area contributed by atoms with E-state index >= 15 is 0 Å². The van der Waals surface area contributed by atoms with Crippen LogP contribution in [-0.2, 0) is 0 Å². The third kappa shape index (κ3) is 3.98. The van der Waals surface area contributed by atoms with Gasteiger partial charge in [-0.05, 0) is 63.0 Å². The van der Waals surface area contributed by atoms with Crippen LogP contribution in [0.15, 0.2) is 61.2 Å². The van der Waals surface area contributed by atoms with Crippen molar-refractivity contribution in [2.45, 2.75) is 37.8 Å². The summed E-state index contributed by atoms with van der Waals surface area (Å²) in [5.74, 6) is 2.02. The lowest BCUT2D eigenvalue weighted by Gasteiger charge is -2.07. The van der Waals surface area contributed by atoms with E-state index in [9.17, 15) is 0 Å². The maximum atomic E-state index is 4.75. The van der Waals surface area contributed by atoms with Crippen LogP contribution in [0.2, 0.25) is 0 Å². The number of hydrogen-bond donors (Lipinski definition) is 4. The van der Waals surface area contributed by atoms with E-state index in [1.54, 1.807) is 0 Å². The SMILES string of the molecule is c1cc2cc(-c3cnc(C4CCCN4)[nH]3)cnc2cc1-c1ccc(-c2cnc(C3CCCN3)[nH]2)cn1. The first-order chi connectivity index (χ1) is 17.8. The molecule has 0 aliphatic carbocycles. The minimum absolute atomic E-state index is 0.327. The first kappa shape index (κ1) is 21.4. The van der Waals surface area contributed by atoms with Crippen LogP contribution in [0.3, 0.4) is 0 Å². The lowest BCUT2D eigenvalue weighted by molar-refractivity contribution is 0.613. The number of fused-ring (bicyclic) bond motifs is 1. The number of aromatic amines is 2. The van der Waals surface area contributed by atoms with Crippen molar-refractivity contribution >= 4 is 10.9 Å². The molecule has 180 valence electrons. The van der Waals surface area contributed by atoms with Crippen LogP contribution in [0, 0.1) is 0 Å². The normalized spacial score (nSPS) is 19.9. The fourth-order valence-corrected chi connectivity index (χ4v) is 5.31. The van der Waals surface area contributed by atoms with Crippen LogP contribution >= 0.6 is 0 Å². The molecule has 5 aromatic rings. The van der Waals surface area contributed by atoms with Gasteiger partial charge in [0.05, 0.1) is 47.1 Å². The van der Waals surface area contributed by atoms with E-state index in [4.69, 9.17) is 9.97 Å². The monoisotopic (exact) mass is 476 g/mol. The van der Waals surface area contributed by atoms with E-state index in [-0.39, 0.29) is 0 Å². The molecule has 7 rings (SSSR count). The summed E-state index contributed by atoms with van der Waals surface area (Å²) < 4.78 is 0. The van der Waals surface area contributed by atoms with Crippen molar-refractivity contribution in [3.05, 3.63) is 72.8 Å². The van der Waals surface area contributed by atoms with Gasteiger partial charge in [0.15, 0.2) is 0 Å². The maximum Gasteiger partial charge on any atom is 0.123 e. The second-order valence-electron chi connectivity index (χ2n) is 9.73. The molecular weight excluding hydrogens is 448 g/mol. The molecule has 0 bridgehead atoms. The van der Waals surface area contributed by atoms with Crippen LogP contribution in [0.25, 0.3) is 44.7 Å². The predicted molar refractivity (Wildman–Crippen MR) is 140 cm³/mol. The number of imidazole rings is 2. The van der Waals surface area contributed by atoms with Gasteiger partial charge < -0.3 is 20.6 Å². The summed E-state index contributed by atoms with van der Waals surface area (Å²) in [6.07, 6.45) is 12.3. The number of H-pyrrole nitrogens is 2. The summed E-state index contributed by atoms with van der Waals surface area (Å²) in [5.41, 5.74) is 6.99. The Morgan fingerprint density at radius 1 is 0.611 bits per heavy atom. The van der Waals surface area contributed by atoms with Gasteiger partial charge in [0, 0.05) is 34.5 Å². The standard InChI is InChI=1S/C28H28N8/c1-3-22(29-9-1)27-33-15-25(35-27)19-7-8-21(31-13-19)18-6-5-17-11-20(14-32-24(17)12-18)26-16-34-28(36-26)23-4-2-10-30-23/h5-8,11-16,22-23,29-30H,1-4,9-10H2,(H,33,35)(H,34,36). The molecule has 2 aliphatic heterocycles. The molecule has 2 aliphatic rings. The molecule has 2 atom stereocenters. The van der Waals surface area contributed by atoms with Crippen LogP contribution in [0.1, 0.15) is 49.4 Å². The highest BCUT2D eigenvalue weighted by Crippen LogP contribution is 2.29. The lowest BCUT2D eigenvalue weighted by atomic mass is 10.1. The van der Waals surface area contributed by atoms with E-state index in [1.807, 2.05) is 24.8 Å². The number of pyridine rings is 2. The molecule has 6 heterocycles. The molecular formula is C28H28N8. The maximum absolute atomic E-state index is 4.75. The first-order valence-electron chi connectivity index (χ1n) is 12.7. The average molecular weight is 477 g/mol. The van der Waals surface area contributed by atoms with Crippen LogP contribution < -0.4 is 10.6 Å². The van der Waals surface area contributed by atoms with E-state index in [0.717, 1.165) is 82.3 Å². The Bertz CT molecular complexity index is 1500. The van der Waals surface area contributed by atoms with Gasteiger partial charge in [-0.2, -0.15) is 0 Å². The second kappa shape index (κ2) is 8.96. The third-order valence-electron chi connectivity index (χ3n) is 7.34. The topological polar surface area (TPSA) is 107 Å². The fourth-order valence-electron chi connectivity index (χ4n) is 5.31. The van der Waals surface area contributed by atoms with Crippen molar-refractivity contribution < 1.29 is 0 Å². The Morgan fingerprint density at radius 3 is 1.92 bits per heavy atom. The highest BCUT2D eigenvalue weighted by molar-refractivity contribution is 5.86. The molecule has 0 saturated carbocycles. The highest BCUT2D eigenvalue weighted by atomic mass is 15.0. The Balaban J connectivity index is 1.11. The number of nitrogens with zero attached hydrogens (tertiary/aromatic N) is 4. The van der Waals surface area contributed by atoms with Crippen molar-refractivity contribution in [2.75, 3.05) is 13.1 Å². The molecule has 8 nitrogen and oxygen atoms in total. The van der Waals surface area contributed by atoms with E-state index < -0.39 is 0 Å². The molecule has 4 aromatic heterocycles. The molecule has 1 aromatic carbocycles. The van der Waals surface area contributed by atoms with E-state index in [0.29, 0.717) is 12.1 Å². The molecule has 2 unspecified atom stereocenters. The smallest absolute Gasteiger partial charge is 0.123 e. The number of benzene rings is 1. The second-order valence-corrected chi connectivity index (χ2v) is 9.73. The van der Waals surface area contributed by atoms with Crippen LogP contribution in [0.5, 0.6) is 0 Å². The fraction of sp³-hybridized carbons (Fsp3) is 0.286. The molecule has 8 heteroatoms. The Kier molecular flexibility index (Phi) is 5.33. The lowest BCUT2D eigenvalue weighted by Crippen LogP contribution is -2.14. The molecule has 0 radical (unpaired) electrons. The Labute approximate surface area is 209 Å². The van der Waals surface area contributed by atoms with Crippen molar-refractivity contribution in [1.82, 2.24) is 40.5 Å². The van der Waals surface area contributed by atoms with Gasteiger partial charge >= 0.3 is 0 Å². The number of nitrogens with one attached hydrogen (secondary N) is 4. The number of hydrogen-bond acceptors (Lipinski definition) is 6. The predicted octanol–water partition coefficient (Wildman–Crippen LogP) is 4.93. The molecule has 2 fully saturated rings. The van der Waals surface area contributed by atoms with Gasteiger partial charge in [-0.15, -0.1) is 0 Å². The summed E-state index contributed by atoms with van der Waals surface area (Å²) in [7, 11) is 0. The van der Waals surface area contributed by atoms with Gasteiger partial charge in [0.2, 0.25) is 0 Å². The van der Waals surface area contributed by atoms with Gasteiger partial charge in [-0.25, -0.2) is 9.97 Å². The zero-order valence-electron chi connectivity index (χ0n) is 20.0. The van der Waals surface area contributed by atoms with Crippen molar-refractivity contribution in [3.8, 4) is 33.8 Å². The van der Waals surface area contributed by atoms with Crippen molar-refractivity contribution in [2.24, 2.45) is 0 Å². The molecule has 2 saturated heterocycles. The van der Waals surface area contributed by atoms with Gasteiger partial charge in [0.25, 0.3) is 0 Å². The molecule has 0 spiro atoms. The van der Waals surface area contributed by atoms with Crippen LogP contribution in [0.4, 0.5) is 0 Å². The quantitative estimate of drug-likeness (QED) is 0.287. The minimum atomic E-state index is 0.327. The number of rotatable bonds is 5. The van der Waals surface area contributed by atoms with Crippen molar-refractivity contribution in [3.63, 3.8) is 0 Å². The van der Waals surface area contributed by atoms with Crippen LogP contribution in [-0.4, -0.2) is 43.0 Å². The van der Waals surface area contributed by atoms with Gasteiger partial charge in [-0.3, -0.25) is 9.97 Å². The van der Waals surface area contributed by atoms with Crippen molar-refractivity contribution in [1.29, 1.82) is 0 Å². The zero-order valence-corrected chi connectivity index (χ0v) is 20.0. The highest BCUT2D eigenvalue weighted by Gasteiger charge is 2.20. The average Bonchev–Trinajstić information content (AvgIpc) is 3.75. The molecule has 36 heavy (non-hydrogen) atoms. The van der Waals surface area contributed by atoms with Gasteiger partial charge in [-0.1, -0.05) is 12.1 Å². The van der Waals surface area contributed by atoms with E-state index in [1.165, 1.54) is 12.8 Å².